The zero-order chi connectivity index (χ0) is 21.0. The Kier molecular flexibility index (Phi) is 12.6. The lowest BCUT2D eigenvalue weighted by atomic mass is 9.98. The van der Waals surface area contributed by atoms with Crippen molar-refractivity contribution >= 4 is 29.9 Å². The van der Waals surface area contributed by atoms with Crippen LogP contribution in [0.15, 0.2) is 29.3 Å². The molecule has 3 rings (SSSR count). The molecular formula is C24H40IN3O3. The molecule has 176 valence electrons. The largest absolute Gasteiger partial charge is 0.490 e. The number of likely N-dealkylation sites (tertiary alicyclic amines) is 1. The Morgan fingerprint density at radius 2 is 1.84 bits per heavy atom. The number of nitrogens with zero attached hydrogens (tertiary/aromatic N) is 2. The number of ether oxygens (including phenoxy) is 3. The summed E-state index contributed by atoms with van der Waals surface area (Å²) in [4.78, 5) is 6.83. The smallest absolute Gasteiger partial charge is 0.193 e. The third-order valence-electron chi connectivity index (χ3n) is 6.00. The first kappa shape index (κ1) is 26.2. The highest BCUT2D eigenvalue weighted by molar-refractivity contribution is 14.0. The van der Waals surface area contributed by atoms with Crippen molar-refractivity contribution in [2.24, 2.45) is 4.99 Å². The minimum absolute atomic E-state index is 0. The van der Waals surface area contributed by atoms with Crippen LogP contribution in [0.1, 0.15) is 56.9 Å². The standard InChI is InChI=1S/C24H39N3O3.HI/c1-25-24(27-14-12-21(13-15-27)29-17-7-16-28-2)26-19-20-8-6-11-23(18-20)30-22-9-4-3-5-10-22;/h6,8,11,18,21-22H,3-5,7,9-10,12-17,19H2,1-2H3,(H,25,26);1H. The number of hydrogen-bond donors (Lipinski definition) is 1. The lowest BCUT2D eigenvalue weighted by molar-refractivity contribution is 0.00989. The Bertz CT molecular complexity index is 645. The lowest BCUT2D eigenvalue weighted by Crippen LogP contribution is -2.46. The van der Waals surface area contributed by atoms with E-state index in [0.717, 1.165) is 63.8 Å². The molecule has 1 heterocycles. The molecule has 1 saturated heterocycles. The van der Waals surface area contributed by atoms with Crippen LogP contribution in [-0.4, -0.2) is 63.5 Å². The van der Waals surface area contributed by atoms with Crippen molar-refractivity contribution in [3.63, 3.8) is 0 Å². The van der Waals surface area contributed by atoms with Gasteiger partial charge in [-0.1, -0.05) is 18.6 Å². The molecule has 1 saturated carbocycles. The molecule has 7 heteroatoms. The fraction of sp³-hybridized carbons (Fsp3) is 0.708. The number of halogens is 1. The van der Waals surface area contributed by atoms with Gasteiger partial charge in [0.15, 0.2) is 5.96 Å². The van der Waals surface area contributed by atoms with E-state index < -0.39 is 0 Å². The molecule has 1 aromatic carbocycles. The Hall–Kier alpha value is -1.06. The fourth-order valence-electron chi connectivity index (χ4n) is 4.31. The highest BCUT2D eigenvalue weighted by atomic mass is 127. The molecular weight excluding hydrogens is 505 g/mol. The fourth-order valence-corrected chi connectivity index (χ4v) is 4.31. The van der Waals surface area contributed by atoms with Gasteiger partial charge in [0.1, 0.15) is 5.75 Å². The molecule has 0 aromatic heterocycles. The van der Waals surface area contributed by atoms with Crippen LogP contribution >= 0.6 is 24.0 Å². The first-order chi connectivity index (χ1) is 14.8. The van der Waals surface area contributed by atoms with Crippen molar-refractivity contribution in [2.45, 2.75) is 70.1 Å². The number of nitrogens with one attached hydrogen (secondary N) is 1. The quantitative estimate of drug-likeness (QED) is 0.213. The zero-order valence-electron chi connectivity index (χ0n) is 19.2. The molecule has 0 atom stereocenters. The molecule has 0 unspecified atom stereocenters. The molecule has 1 aliphatic heterocycles. The van der Waals surface area contributed by atoms with Gasteiger partial charge in [0.2, 0.25) is 0 Å². The summed E-state index contributed by atoms with van der Waals surface area (Å²) in [5.74, 6) is 1.95. The number of aliphatic imine (C=N–C) groups is 1. The summed E-state index contributed by atoms with van der Waals surface area (Å²) < 4.78 is 17.3. The van der Waals surface area contributed by atoms with Gasteiger partial charge in [-0.05, 0) is 62.6 Å². The van der Waals surface area contributed by atoms with Gasteiger partial charge >= 0.3 is 0 Å². The van der Waals surface area contributed by atoms with E-state index in [1.165, 1.54) is 37.7 Å². The number of piperidine rings is 1. The third-order valence-corrected chi connectivity index (χ3v) is 6.00. The van der Waals surface area contributed by atoms with E-state index >= 15 is 0 Å². The number of guanidine groups is 1. The van der Waals surface area contributed by atoms with Gasteiger partial charge in [0.05, 0.1) is 12.2 Å². The first-order valence-corrected chi connectivity index (χ1v) is 11.6. The number of benzene rings is 1. The molecule has 0 bridgehead atoms. The van der Waals surface area contributed by atoms with Crippen molar-refractivity contribution in [3.8, 4) is 5.75 Å². The first-order valence-electron chi connectivity index (χ1n) is 11.6. The molecule has 1 N–H and O–H groups in total. The maximum Gasteiger partial charge on any atom is 0.193 e. The Morgan fingerprint density at radius 3 is 2.55 bits per heavy atom. The molecule has 31 heavy (non-hydrogen) atoms. The third kappa shape index (κ3) is 9.14. The van der Waals surface area contributed by atoms with Crippen molar-refractivity contribution < 1.29 is 14.2 Å². The summed E-state index contributed by atoms with van der Waals surface area (Å²) in [6.07, 6.45) is 10.1. The maximum absolute atomic E-state index is 6.21. The highest BCUT2D eigenvalue weighted by Gasteiger charge is 2.22. The van der Waals surface area contributed by atoms with Crippen LogP contribution < -0.4 is 10.1 Å². The van der Waals surface area contributed by atoms with Gasteiger partial charge in [-0.25, -0.2) is 0 Å². The summed E-state index contributed by atoms with van der Waals surface area (Å²) >= 11 is 0. The molecule has 6 nitrogen and oxygen atoms in total. The van der Waals surface area contributed by atoms with Gasteiger partial charge in [0, 0.05) is 47.0 Å². The Balaban J connectivity index is 0.00000341. The molecule has 2 fully saturated rings. The zero-order valence-corrected chi connectivity index (χ0v) is 21.5. The lowest BCUT2D eigenvalue weighted by Gasteiger charge is -2.34. The van der Waals surface area contributed by atoms with Crippen LogP contribution in [0.25, 0.3) is 0 Å². The maximum atomic E-state index is 6.21. The summed E-state index contributed by atoms with van der Waals surface area (Å²) in [5, 5.41) is 3.52. The molecule has 1 aromatic rings. The summed E-state index contributed by atoms with van der Waals surface area (Å²) in [6, 6.07) is 8.47. The molecule has 2 aliphatic rings. The number of hydrogen-bond acceptors (Lipinski definition) is 4. The SMILES string of the molecule is CN=C(NCc1cccc(OC2CCCCC2)c1)N1CCC(OCCCOC)CC1.I. The van der Waals surface area contributed by atoms with Crippen molar-refractivity contribution in [1.29, 1.82) is 0 Å². The highest BCUT2D eigenvalue weighted by Crippen LogP contribution is 2.24. The van der Waals surface area contributed by atoms with Crippen LogP contribution in [-0.2, 0) is 16.0 Å². The van der Waals surface area contributed by atoms with E-state index in [2.05, 4.69) is 39.5 Å². The van der Waals surface area contributed by atoms with Crippen LogP contribution in [0.4, 0.5) is 0 Å². The van der Waals surface area contributed by atoms with Crippen LogP contribution in [0.3, 0.4) is 0 Å². The van der Waals surface area contributed by atoms with Gasteiger partial charge in [-0.2, -0.15) is 0 Å². The topological polar surface area (TPSA) is 55.3 Å². The van der Waals surface area contributed by atoms with Gasteiger partial charge in [-0.15, -0.1) is 24.0 Å². The number of rotatable bonds is 9. The Labute approximate surface area is 205 Å². The summed E-state index contributed by atoms with van der Waals surface area (Å²) in [5.41, 5.74) is 1.22. The van der Waals surface area contributed by atoms with E-state index in [-0.39, 0.29) is 24.0 Å². The van der Waals surface area contributed by atoms with Crippen LogP contribution in [0, 0.1) is 0 Å². The van der Waals surface area contributed by atoms with Gasteiger partial charge in [0.25, 0.3) is 0 Å². The summed E-state index contributed by atoms with van der Waals surface area (Å²) in [7, 11) is 3.59. The predicted molar refractivity (Wildman–Crippen MR) is 137 cm³/mol. The van der Waals surface area contributed by atoms with E-state index in [0.29, 0.717) is 12.2 Å². The molecule has 1 aliphatic carbocycles. The minimum atomic E-state index is 0. The average Bonchev–Trinajstić information content (AvgIpc) is 2.79. The van der Waals surface area contributed by atoms with Crippen LogP contribution in [0.2, 0.25) is 0 Å². The van der Waals surface area contributed by atoms with Crippen LogP contribution in [0.5, 0.6) is 5.75 Å². The second-order valence-corrected chi connectivity index (χ2v) is 8.33. The summed E-state index contributed by atoms with van der Waals surface area (Å²) in [6.45, 7) is 4.24. The second-order valence-electron chi connectivity index (χ2n) is 8.33. The molecule has 0 spiro atoms. The number of methoxy groups -OCH3 is 1. The Morgan fingerprint density at radius 1 is 1.06 bits per heavy atom. The van der Waals surface area contributed by atoms with Crippen molar-refractivity contribution in [1.82, 2.24) is 10.2 Å². The van der Waals surface area contributed by atoms with E-state index in [1.807, 2.05) is 7.05 Å². The average molecular weight is 546 g/mol. The second kappa shape index (κ2) is 14.9. The molecule has 0 amide bonds. The predicted octanol–water partition coefficient (Wildman–Crippen LogP) is 4.61. The monoisotopic (exact) mass is 545 g/mol. The van der Waals surface area contributed by atoms with E-state index in [9.17, 15) is 0 Å². The van der Waals surface area contributed by atoms with Gasteiger partial charge < -0.3 is 24.4 Å². The molecule has 0 radical (unpaired) electrons. The normalized spacial score (nSPS) is 18.5. The van der Waals surface area contributed by atoms with E-state index in [1.54, 1.807) is 7.11 Å². The van der Waals surface area contributed by atoms with E-state index in [4.69, 9.17) is 14.2 Å². The minimum Gasteiger partial charge on any atom is -0.490 e. The van der Waals surface area contributed by atoms with Gasteiger partial charge in [-0.3, -0.25) is 4.99 Å². The van der Waals surface area contributed by atoms with Crippen molar-refractivity contribution in [2.75, 3.05) is 40.5 Å². The van der Waals surface area contributed by atoms with Crippen molar-refractivity contribution in [3.05, 3.63) is 29.8 Å².